The molecule has 4 nitrogen and oxygen atoms in total. The quantitative estimate of drug-likeness (QED) is 0.779. The van der Waals surface area contributed by atoms with Crippen LogP contribution in [0.25, 0.3) is 0 Å². The van der Waals surface area contributed by atoms with Crippen molar-refractivity contribution >= 4 is 5.82 Å². The van der Waals surface area contributed by atoms with Crippen LogP contribution in [0.15, 0.2) is 18.3 Å². The van der Waals surface area contributed by atoms with Crippen molar-refractivity contribution in [1.82, 2.24) is 9.88 Å². The predicted octanol–water partition coefficient (Wildman–Crippen LogP) is 2.11. The molecule has 102 valence electrons. The predicted molar refractivity (Wildman–Crippen MR) is 75.6 cm³/mol. The minimum atomic E-state index is -0.662. The molecule has 0 bridgehead atoms. The number of nitrogens with one attached hydrogen (secondary N) is 1. The highest BCUT2D eigenvalue weighted by Gasteiger charge is 2.15. The SMILES string of the molecule is CCCNc1cc(CN(C)CC(C)(C)O)ccn1. The van der Waals surface area contributed by atoms with E-state index < -0.39 is 5.60 Å². The topological polar surface area (TPSA) is 48.4 Å². The molecule has 0 saturated carbocycles. The van der Waals surface area contributed by atoms with Crippen LogP contribution < -0.4 is 5.32 Å². The molecule has 0 unspecified atom stereocenters. The smallest absolute Gasteiger partial charge is 0.126 e. The lowest BCUT2D eigenvalue weighted by Gasteiger charge is -2.25. The van der Waals surface area contributed by atoms with Crippen molar-refractivity contribution in [2.24, 2.45) is 0 Å². The molecule has 0 aliphatic rings. The summed E-state index contributed by atoms with van der Waals surface area (Å²) in [6.45, 7) is 8.18. The molecular weight excluding hydrogens is 226 g/mol. The molecule has 18 heavy (non-hydrogen) atoms. The Hall–Kier alpha value is -1.13. The van der Waals surface area contributed by atoms with Gasteiger partial charge in [-0.3, -0.25) is 4.90 Å². The first-order valence-electron chi connectivity index (χ1n) is 6.50. The van der Waals surface area contributed by atoms with Gasteiger partial charge in [0.1, 0.15) is 5.82 Å². The summed E-state index contributed by atoms with van der Waals surface area (Å²) in [6.07, 6.45) is 2.91. The standard InChI is InChI=1S/C14H25N3O/c1-5-7-15-13-9-12(6-8-16-13)10-17(4)11-14(2,3)18/h6,8-9,18H,5,7,10-11H2,1-4H3,(H,15,16). The van der Waals surface area contributed by atoms with Crippen molar-refractivity contribution in [3.8, 4) is 0 Å². The molecule has 0 atom stereocenters. The first-order valence-corrected chi connectivity index (χ1v) is 6.50. The molecule has 4 heteroatoms. The number of hydrogen-bond acceptors (Lipinski definition) is 4. The van der Waals surface area contributed by atoms with E-state index in [-0.39, 0.29) is 0 Å². The molecule has 1 aromatic rings. The summed E-state index contributed by atoms with van der Waals surface area (Å²) in [5.74, 6) is 0.922. The number of aromatic nitrogens is 1. The third-order valence-corrected chi connectivity index (χ3v) is 2.49. The molecular formula is C14H25N3O. The lowest BCUT2D eigenvalue weighted by Crippen LogP contribution is -2.35. The summed E-state index contributed by atoms with van der Waals surface area (Å²) in [5.41, 5.74) is 0.542. The van der Waals surface area contributed by atoms with Crippen LogP contribution in [-0.4, -0.2) is 40.7 Å². The molecule has 0 radical (unpaired) electrons. The maximum Gasteiger partial charge on any atom is 0.126 e. The fourth-order valence-electron chi connectivity index (χ4n) is 1.95. The van der Waals surface area contributed by atoms with Gasteiger partial charge in [0.05, 0.1) is 5.60 Å². The van der Waals surface area contributed by atoms with Gasteiger partial charge in [0.15, 0.2) is 0 Å². The van der Waals surface area contributed by atoms with Gasteiger partial charge in [-0.15, -0.1) is 0 Å². The van der Waals surface area contributed by atoms with E-state index in [0.29, 0.717) is 6.54 Å². The van der Waals surface area contributed by atoms with Crippen LogP contribution in [0.5, 0.6) is 0 Å². The van der Waals surface area contributed by atoms with E-state index in [1.54, 1.807) is 0 Å². The van der Waals surface area contributed by atoms with Crippen molar-refractivity contribution in [2.75, 3.05) is 25.5 Å². The molecule has 0 saturated heterocycles. The molecule has 0 amide bonds. The first kappa shape index (κ1) is 14.9. The Morgan fingerprint density at radius 3 is 2.78 bits per heavy atom. The van der Waals surface area contributed by atoms with Crippen LogP contribution in [0.4, 0.5) is 5.82 Å². The van der Waals surface area contributed by atoms with E-state index in [9.17, 15) is 5.11 Å². The van der Waals surface area contributed by atoms with Gasteiger partial charge in [0.2, 0.25) is 0 Å². The van der Waals surface area contributed by atoms with Crippen LogP contribution in [0, 0.1) is 0 Å². The molecule has 0 aromatic carbocycles. The number of rotatable bonds is 7. The average molecular weight is 251 g/mol. The minimum absolute atomic E-state index is 0.646. The summed E-state index contributed by atoms with van der Waals surface area (Å²) < 4.78 is 0. The monoisotopic (exact) mass is 251 g/mol. The van der Waals surface area contributed by atoms with Gasteiger partial charge in [-0.1, -0.05) is 6.92 Å². The van der Waals surface area contributed by atoms with Crippen molar-refractivity contribution < 1.29 is 5.11 Å². The number of pyridine rings is 1. The fraction of sp³-hybridized carbons (Fsp3) is 0.643. The molecule has 0 fully saturated rings. The molecule has 1 aromatic heterocycles. The molecule has 0 spiro atoms. The zero-order valence-corrected chi connectivity index (χ0v) is 11.9. The zero-order valence-electron chi connectivity index (χ0n) is 11.9. The second-order valence-corrected chi connectivity index (χ2v) is 5.46. The Balaban J connectivity index is 2.56. The Morgan fingerprint density at radius 1 is 1.44 bits per heavy atom. The Labute approximate surface area is 110 Å². The zero-order chi connectivity index (χ0) is 13.6. The van der Waals surface area contributed by atoms with E-state index in [4.69, 9.17) is 0 Å². The van der Waals surface area contributed by atoms with Gasteiger partial charge < -0.3 is 10.4 Å². The number of likely N-dealkylation sites (N-methyl/N-ethyl adjacent to an activating group) is 1. The van der Waals surface area contributed by atoms with Crippen molar-refractivity contribution in [2.45, 2.75) is 39.3 Å². The van der Waals surface area contributed by atoms with Crippen LogP contribution in [0.3, 0.4) is 0 Å². The van der Waals surface area contributed by atoms with Gasteiger partial charge >= 0.3 is 0 Å². The molecule has 1 heterocycles. The lowest BCUT2D eigenvalue weighted by molar-refractivity contribution is 0.0425. The first-order chi connectivity index (χ1) is 8.40. The summed E-state index contributed by atoms with van der Waals surface area (Å²) in [5, 5.41) is 13.0. The Morgan fingerprint density at radius 2 is 2.17 bits per heavy atom. The maximum atomic E-state index is 9.77. The van der Waals surface area contributed by atoms with Crippen molar-refractivity contribution in [3.63, 3.8) is 0 Å². The van der Waals surface area contributed by atoms with Gasteiger partial charge in [-0.05, 0) is 45.0 Å². The lowest BCUT2D eigenvalue weighted by atomic mass is 10.1. The van der Waals surface area contributed by atoms with Gasteiger partial charge in [-0.25, -0.2) is 4.98 Å². The number of hydrogen-bond donors (Lipinski definition) is 2. The number of anilines is 1. The summed E-state index contributed by atoms with van der Waals surface area (Å²) in [7, 11) is 2.01. The van der Waals surface area contributed by atoms with E-state index in [0.717, 1.165) is 25.3 Å². The van der Waals surface area contributed by atoms with E-state index >= 15 is 0 Å². The molecule has 0 aliphatic heterocycles. The Kier molecular flexibility index (Phi) is 5.56. The highest BCUT2D eigenvalue weighted by molar-refractivity contribution is 5.37. The van der Waals surface area contributed by atoms with Gasteiger partial charge in [0, 0.05) is 25.8 Å². The summed E-state index contributed by atoms with van der Waals surface area (Å²) in [4.78, 5) is 6.39. The average Bonchev–Trinajstić information content (AvgIpc) is 2.24. The van der Waals surface area contributed by atoms with E-state index in [2.05, 4.69) is 28.2 Å². The fourth-order valence-corrected chi connectivity index (χ4v) is 1.95. The maximum absolute atomic E-state index is 9.77. The minimum Gasteiger partial charge on any atom is -0.389 e. The van der Waals surface area contributed by atoms with Crippen LogP contribution >= 0.6 is 0 Å². The second kappa shape index (κ2) is 6.71. The number of aliphatic hydroxyl groups is 1. The highest BCUT2D eigenvalue weighted by atomic mass is 16.3. The summed E-state index contributed by atoms with van der Waals surface area (Å²) >= 11 is 0. The normalized spacial score (nSPS) is 11.9. The molecule has 1 rings (SSSR count). The third kappa shape index (κ3) is 5.98. The van der Waals surface area contributed by atoms with Crippen LogP contribution in [0.2, 0.25) is 0 Å². The van der Waals surface area contributed by atoms with Crippen molar-refractivity contribution in [1.29, 1.82) is 0 Å². The van der Waals surface area contributed by atoms with Gasteiger partial charge in [0.25, 0.3) is 0 Å². The van der Waals surface area contributed by atoms with Crippen LogP contribution in [-0.2, 0) is 6.54 Å². The van der Waals surface area contributed by atoms with Crippen molar-refractivity contribution in [3.05, 3.63) is 23.9 Å². The largest absolute Gasteiger partial charge is 0.389 e. The molecule has 2 N–H and O–H groups in total. The van der Waals surface area contributed by atoms with E-state index in [1.807, 2.05) is 33.2 Å². The second-order valence-electron chi connectivity index (χ2n) is 5.46. The van der Waals surface area contributed by atoms with Gasteiger partial charge in [-0.2, -0.15) is 0 Å². The highest BCUT2D eigenvalue weighted by Crippen LogP contribution is 2.11. The number of nitrogens with zero attached hydrogens (tertiary/aromatic N) is 2. The third-order valence-electron chi connectivity index (χ3n) is 2.49. The summed E-state index contributed by atoms with van der Waals surface area (Å²) in [6, 6.07) is 4.08. The Bertz CT molecular complexity index is 360. The van der Waals surface area contributed by atoms with E-state index in [1.165, 1.54) is 5.56 Å². The molecule has 0 aliphatic carbocycles. The van der Waals surface area contributed by atoms with Crippen LogP contribution in [0.1, 0.15) is 32.8 Å².